The average Bonchev–Trinajstić information content (AvgIpc) is 1.96. The first-order valence-corrected chi connectivity index (χ1v) is 3.82. The van der Waals surface area contributed by atoms with Crippen LogP contribution in [0.4, 0.5) is 0 Å². The molecule has 1 saturated heterocycles. The van der Waals surface area contributed by atoms with E-state index in [4.69, 9.17) is 4.74 Å². The van der Waals surface area contributed by atoms with E-state index in [1.54, 1.807) is 0 Å². The first-order chi connectivity index (χ1) is 4.66. The summed E-state index contributed by atoms with van der Waals surface area (Å²) in [6.45, 7) is 4.92. The van der Waals surface area contributed by atoms with Crippen LogP contribution in [-0.4, -0.2) is 12.6 Å². The van der Waals surface area contributed by atoms with Crippen molar-refractivity contribution in [3.05, 3.63) is 0 Å². The van der Waals surface area contributed by atoms with Gasteiger partial charge in [0.2, 0.25) is 0 Å². The molecular formula is C8H14O2. The van der Waals surface area contributed by atoms with Crippen molar-refractivity contribution in [3.8, 4) is 0 Å². The minimum Gasteiger partial charge on any atom is -0.465 e. The van der Waals surface area contributed by atoms with Crippen molar-refractivity contribution in [2.45, 2.75) is 33.1 Å². The normalized spacial score (nSPS) is 33.6. The standard InChI is InChI=1S/C8H14O2/c1-3-8(2)5-4-7(9)10-6-8/h3-6H2,1-2H3. The van der Waals surface area contributed by atoms with E-state index in [1.165, 1.54) is 0 Å². The molecule has 1 fully saturated rings. The number of hydrogen-bond acceptors (Lipinski definition) is 2. The average molecular weight is 142 g/mol. The van der Waals surface area contributed by atoms with Gasteiger partial charge in [0.1, 0.15) is 0 Å². The monoisotopic (exact) mass is 142 g/mol. The predicted molar refractivity (Wildman–Crippen MR) is 38.6 cm³/mol. The van der Waals surface area contributed by atoms with Gasteiger partial charge in [-0.2, -0.15) is 0 Å². The summed E-state index contributed by atoms with van der Waals surface area (Å²) in [6, 6.07) is 0. The maximum Gasteiger partial charge on any atom is 0.305 e. The van der Waals surface area contributed by atoms with Crippen LogP contribution in [0, 0.1) is 5.41 Å². The van der Waals surface area contributed by atoms with Crippen LogP contribution in [0.5, 0.6) is 0 Å². The third kappa shape index (κ3) is 1.49. The van der Waals surface area contributed by atoms with Gasteiger partial charge in [0.05, 0.1) is 6.61 Å². The zero-order chi connectivity index (χ0) is 7.61. The number of cyclic esters (lactones) is 1. The fourth-order valence-electron chi connectivity index (χ4n) is 1.08. The Kier molecular flexibility index (Phi) is 1.97. The summed E-state index contributed by atoms with van der Waals surface area (Å²) in [4.78, 5) is 10.6. The molecule has 1 atom stereocenters. The van der Waals surface area contributed by atoms with Crippen LogP contribution in [0.2, 0.25) is 0 Å². The Bertz CT molecular complexity index is 130. The summed E-state index contributed by atoms with van der Waals surface area (Å²) in [7, 11) is 0. The summed E-state index contributed by atoms with van der Waals surface area (Å²) >= 11 is 0. The first-order valence-electron chi connectivity index (χ1n) is 3.82. The first kappa shape index (κ1) is 7.58. The Morgan fingerprint density at radius 2 is 2.40 bits per heavy atom. The van der Waals surface area contributed by atoms with Crippen LogP contribution in [0.3, 0.4) is 0 Å². The smallest absolute Gasteiger partial charge is 0.305 e. The van der Waals surface area contributed by atoms with Crippen LogP contribution >= 0.6 is 0 Å². The minimum absolute atomic E-state index is 0.0362. The van der Waals surface area contributed by atoms with Gasteiger partial charge < -0.3 is 4.74 Å². The van der Waals surface area contributed by atoms with E-state index < -0.39 is 0 Å². The Balaban J connectivity index is 2.46. The van der Waals surface area contributed by atoms with E-state index >= 15 is 0 Å². The molecule has 1 unspecified atom stereocenters. The van der Waals surface area contributed by atoms with Gasteiger partial charge in [0.15, 0.2) is 0 Å². The van der Waals surface area contributed by atoms with E-state index in [0.29, 0.717) is 13.0 Å². The Labute approximate surface area is 61.6 Å². The molecule has 0 aromatic rings. The molecule has 2 heteroatoms. The van der Waals surface area contributed by atoms with Crippen molar-refractivity contribution in [2.24, 2.45) is 5.41 Å². The largest absolute Gasteiger partial charge is 0.465 e. The second kappa shape index (κ2) is 2.60. The molecule has 0 radical (unpaired) electrons. The Hall–Kier alpha value is -0.530. The lowest BCUT2D eigenvalue weighted by Gasteiger charge is -2.31. The number of rotatable bonds is 1. The van der Waals surface area contributed by atoms with Crippen LogP contribution in [0.15, 0.2) is 0 Å². The minimum atomic E-state index is -0.0362. The topological polar surface area (TPSA) is 26.3 Å². The van der Waals surface area contributed by atoms with Gasteiger partial charge in [0, 0.05) is 11.8 Å². The summed E-state index contributed by atoms with van der Waals surface area (Å²) in [5.74, 6) is -0.0362. The van der Waals surface area contributed by atoms with E-state index in [1.807, 2.05) is 0 Å². The van der Waals surface area contributed by atoms with Crippen LogP contribution < -0.4 is 0 Å². The Morgan fingerprint density at radius 1 is 1.70 bits per heavy atom. The number of carbonyl (C=O) groups excluding carboxylic acids is 1. The molecule has 1 aliphatic heterocycles. The van der Waals surface area contributed by atoms with Crippen molar-refractivity contribution in [1.29, 1.82) is 0 Å². The summed E-state index contributed by atoms with van der Waals surface area (Å²) in [5, 5.41) is 0. The van der Waals surface area contributed by atoms with Gasteiger partial charge >= 0.3 is 5.97 Å². The fourth-order valence-corrected chi connectivity index (χ4v) is 1.08. The molecule has 0 aromatic carbocycles. The molecule has 0 bridgehead atoms. The molecule has 0 saturated carbocycles. The van der Waals surface area contributed by atoms with Crippen molar-refractivity contribution in [3.63, 3.8) is 0 Å². The maximum atomic E-state index is 10.6. The molecule has 0 aliphatic carbocycles. The highest BCUT2D eigenvalue weighted by atomic mass is 16.5. The quantitative estimate of drug-likeness (QED) is 0.521. The second-order valence-corrected chi connectivity index (χ2v) is 3.32. The van der Waals surface area contributed by atoms with Gasteiger partial charge in [-0.05, 0) is 12.8 Å². The molecule has 1 heterocycles. The second-order valence-electron chi connectivity index (χ2n) is 3.32. The van der Waals surface area contributed by atoms with E-state index in [2.05, 4.69) is 13.8 Å². The lowest BCUT2D eigenvalue weighted by atomic mass is 9.82. The van der Waals surface area contributed by atoms with Crippen molar-refractivity contribution >= 4 is 5.97 Å². The number of carbonyl (C=O) groups is 1. The number of esters is 1. The molecule has 0 aromatic heterocycles. The van der Waals surface area contributed by atoms with Crippen molar-refractivity contribution < 1.29 is 9.53 Å². The van der Waals surface area contributed by atoms with Gasteiger partial charge in [-0.15, -0.1) is 0 Å². The van der Waals surface area contributed by atoms with Gasteiger partial charge in [-0.25, -0.2) is 0 Å². The molecule has 1 aliphatic rings. The van der Waals surface area contributed by atoms with Crippen LogP contribution in [-0.2, 0) is 9.53 Å². The Morgan fingerprint density at radius 3 is 2.80 bits per heavy atom. The molecule has 0 spiro atoms. The highest BCUT2D eigenvalue weighted by Crippen LogP contribution is 2.31. The summed E-state index contributed by atoms with van der Waals surface area (Å²) in [6.07, 6.45) is 2.69. The highest BCUT2D eigenvalue weighted by Gasteiger charge is 2.29. The zero-order valence-electron chi connectivity index (χ0n) is 6.64. The van der Waals surface area contributed by atoms with Gasteiger partial charge in [-0.1, -0.05) is 13.8 Å². The van der Waals surface area contributed by atoms with Crippen molar-refractivity contribution in [2.75, 3.05) is 6.61 Å². The van der Waals surface area contributed by atoms with E-state index in [9.17, 15) is 4.79 Å². The molecular weight excluding hydrogens is 128 g/mol. The molecule has 0 N–H and O–H groups in total. The number of ether oxygens (including phenoxy) is 1. The lowest BCUT2D eigenvalue weighted by Crippen LogP contribution is -2.30. The lowest BCUT2D eigenvalue weighted by molar-refractivity contribution is -0.153. The third-order valence-electron chi connectivity index (χ3n) is 2.37. The van der Waals surface area contributed by atoms with Crippen molar-refractivity contribution in [1.82, 2.24) is 0 Å². The number of hydrogen-bond donors (Lipinski definition) is 0. The molecule has 2 nitrogen and oxygen atoms in total. The molecule has 58 valence electrons. The molecule has 0 amide bonds. The maximum absolute atomic E-state index is 10.6. The van der Waals surface area contributed by atoms with E-state index in [0.717, 1.165) is 12.8 Å². The predicted octanol–water partition coefficient (Wildman–Crippen LogP) is 1.74. The van der Waals surface area contributed by atoms with E-state index in [-0.39, 0.29) is 11.4 Å². The highest BCUT2D eigenvalue weighted by molar-refractivity contribution is 5.70. The fraction of sp³-hybridized carbons (Fsp3) is 0.875. The summed E-state index contributed by atoms with van der Waals surface area (Å²) in [5.41, 5.74) is 0.258. The van der Waals surface area contributed by atoms with Crippen LogP contribution in [0.1, 0.15) is 33.1 Å². The van der Waals surface area contributed by atoms with Gasteiger partial charge in [-0.3, -0.25) is 4.79 Å². The summed E-state index contributed by atoms with van der Waals surface area (Å²) < 4.78 is 4.95. The van der Waals surface area contributed by atoms with Gasteiger partial charge in [0.25, 0.3) is 0 Å². The molecule has 1 rings (SSSR count). The molecule has 10 heavy (non-hydrogen) atoms. The third-order valence-corrected chi connectivity index (χ3v) is 2.37. The zero-order valence-corrected chi connectivity index (χ0v) is 6.64. The SMILES string of the molecule is CCC1(C)CCC(=O)OC1. The van der Waals surface area contributed by atoms with Crippen LogP contribution in [0.25, 0.3) is 0 Å².